The molecule has 1 heterocycles. The van der Waals surface area contributed by atoms with Crippen molar-refractivity contribution in [2.75, 3.05) is 19.6 Å². The van der Waals surface area contributed by atoms with Crippen molar-refractivity contribution in [1.29, 1.82) is 0 Å². The molecule has 0 N–H and O–H groups in total. The standard InChI is InChI=1S/C12H23N/c1-2-13-10-6-9-12(11-13)7-4-3-5-8-12/h2-11H2,1H3. The van der Waals surface area contributed by atoms with Gasteiger partial charge in [-0.05, 0) is 44.2 Å². The van der Waals surface area contributed by atoms with Crippen molar-refractivity contribution in [2.45, 2.75) is 51.9 Å². The summed E-state index contributed by atoms with van der Waals surface area (Å²) >= 11 is 0. The highest BCUT2D eigenvalue weighted by Crippen LogP contribution is 2.42. The van der Waals surface area contributed by atoms with E-state index in [1.165, 1.54) is 64.6 Å². The number of nitrogens with zero attached hydrogens (tertiary/aromatic N) is 1. The minimum absolute atomic E-state index is 0.756. The van der Waals surface area contributed by atoms with E-state index in [1.807, 2.05) is 0 Å². The summed E-state index contributed by atoms with van der Waals surface area (Å²) in [6.45, 7) is 6.34. The van der Waals surface area contributed by atoms with E-state index in [-0.39, 0.29) is 0 Å². The van der Waals surface area contributed by atoms with Gasteiger partial charge in [0.2, 0.25) is 0 Å². The van der Waals surface area contributed by atoms with Crippen molar-refractivity contribution in [3.8, 4) is 0 Å². The van der Waals surface area contributed by atoms with Gasteiger partial charge in [0.05, 0.1) is 0 Å². The predicted octanol–water partition coefficient (Wildman–Crippen LogP) is 3.05. The lowest BCUT2D eigenvalue weighted by Gasteiger charge is -2.45. The Bertz CT molecular complexity index is 153. The topological polar surface area (TPSA) is 3.24 Å². The Morgan fingerprint density at radius 3 is 2.38 bits per heavy atom. The molecule has 76 valence electrons. The van der Waals surface area contributed by atoms with Crippen LogP contribution in [0, 0.1) is 5.41 Å². The summed E-state index contributed by atoms with van der Waals surface area (Å²) in [7, 11) is 0. The highest BCUT2D eigenvalue weighted by atomic mass is 15.1. The fraction of sp³-hybridized carbons (Fsp3) is 1.00. The zero-order chi connectivity index (χ0) is 9.15. The lowest BCUT2D eigenvalue weighted by Crippen LogP contribution is -2.44. The summed E-state index contributed by atoms with van der Waals surface area (Å²) in [6.07, 6.45) is 10.5. The molecule has 0 unspecified atom stereocenters. The van der Waals surface area contributed by atoms with E-state index >= 15 is 0 Å². The maximum atomic E-state index is 2.66. The van der Waals surface area contributed by atoms with Crippen LogP contribution in [-0.2, 0) is 0 Å². The average molecular weight is 181 g/mol. The molecule has 0 radical (unpaired) electrons. The van der Waals surface area contributed by atoms with Gasteiger partial charge >= 0.3 is 0 Å². The lowest BCUT2D eigenvalue weighted by atomic mass is 9.69. The molecule has 1 heteroatoms. The number of hydrogen-bond acceptors (Lipinski definition) is 1. The van der Waals surface area contributed by atoms with Crippen LogP contribution in [0.15, 0.2) is 0 Å². The first kappa shape index (κ1) is 9.51. The molecule has 1 saturated carbocycles. The van der Waals surface area contributed by atoms with Crippen LogP contribution in [0.3, 0.4) is 0 Å². The Kier molecular flexibility index (Phi) is 2.92. The lowest BCUT2D eigenvalue weighted by molar-refractivity contribution is 0.0570. The molecule has 0 aromatic carbocycles. The van der Waals surface area contributed by atoms with Crippen molar-refractivity contribution in [3.05, 3.63) is 0 Å². The Hall–Kier alpha value is -0.0400. The largest absolute Gasteiger partial charge is 0.303 e. The van der Waals surface area contributed by atoms with Gasteiger partial charge in [0.1, 0.15) is 0 Å². The van der Waals surface area contributed by atoms with Crippen LogP contribution in [0.1, 0.15) is 51.9 Å². The summed E-state index contributed by atoms with van der Waals surface area (Å²) in [5.74, 6) is 0. The van der Waals surface area contributed by atoms with Crippen molar-refractivity contribution in [3.63, 3.8) is 0 Å². The number of piperidine rings is 1. The fourth-order valence-corrected chi connectivity index (χ4v) is 3.29. The van der Waals surface area contributed by atoms with E-state index in [0.717, 1.165) is 5.41 Å². The van der Waals surface area contributed by atoms with Crippen LogP contribution >= 0.6 is 0 Å². The Morgan fingerprint density at radius 2 is 1.69 bits per heavy atom. The Morgan fingerprint density at radius 1 is 1.00 bits per heavy atom. The third-order valence-corrected chi connectivity index (χ3v) is 4.10. The van der Waals surface area contributed by atoms with Crippen LogP contribution < -0.4 is 0 Å². The van der Waals surface area contributed by atoms with Gasteiger partial charge in [-0.25, -0.2) is 0 Å². The summed E-state index contributed by atoms with van der Waals surface area (Å²) in [6, 6.07) is 0. The highest BCUT2D eigenvalue weighted by Gasteiger charge is 2.35. The molecular formula is C12H23N. The van der Waals surface area contributed by atoms with Gasteiger partial charge in [0.25, 0.3) is 0 Å². The summed E-state index contributed by atoms with van der Waals surface area (Å²) < 4.78 is 0. The van der Waals surface area contributed by atoms with E-state index in [2.05, 4.69) is 11.8 Å². The number of rotatable bonds is 1. The molecule has 0 aromatic heterocycles. The summed E-state index contributed by atoms with van der Waals surface area (Å²) in [4.78, 5) is 2.66. The Labute approximate surface area is 82.5 Å². The van der Waals surface area contributed by atoms with E-state index in [9.17, 15) is 0 Å². The molecule has 0 aromatic rings. The van der Waals surface area contributed by atoms with Crippen molar-refractivity contribution in [1.82, 2.24) is 4.90 Å². The molecule has 2 aliphatic rings. The Balaban J connectivity index is 1.95. The third-order valence-electron chi connectivity index (χ3n) is 4.10. The molecule has 0 amide bonds. The monoisotopic (exact) mass is 181 g/mol. The average Bonchev–Trinajstić information content (AvgIpc) is 2.19. The molecule has 0 bridgehead atoms. The van der Waals surface area contributed by atoms with E-state index in [4.69, 9.17) is 0 Å². The van der Waals surface area contributed by atoms with Gasteiger partial charge in [0, 0.05) is 6.54 Å². The van der Waals surface area contributed by atoms with Crippen LogP contribution in [0.4, 0.5) is 0 Å². The summed E-state index contributed by atoms with van der Waals surface area (Å²) in [5, 5.41) is 0. The fourth-order valence-electron chi connectivity index (χ4n) is 3.29. The molecule has 2 fully saturated rings. The van der Waals surface area contributed by atoms with Gasteiger partial charge in [-0.3, -0.25) is 0 Å². The molecular weight excluding hydrogens is 158 g/mol. The van der Waals surface area contributed by atoms with E-state index < -0.39 is 0 Å². The molecule has 0 atom stereocenters. The van der Waals surface area contributed by atoms with Crippen molar-refractivity contribution in [2.24, 2.45) is 5.41 Å². The first-order chi connectivity index (χ1) is 6.35. The maximum Gasteiger partial charge on any atom is 0.00379 e. The zero-order valence-corrected chi connectivity index (χ0v) is 9.02. The molecule has 1 nitrogen and oxygen atoms in total. The molecule has 1 aliphatic carbocycles. The van der Waals surface area contributed by atoms with Crippen LogP contribution in [0.5, 0.6) is 0 Å². The van der Waals surface area contributed by atoms with Gasteiger partial charge in [-0.15, -0.1) is 0 Å². The molecule has 1 spiro atoms. The number of likely N-dealkylation sites (tertiary alicyclic amines) is 1. The maximum absolute atomic E-state index is 2.66. The molecule has 1 aliphatic heterocycles. The molecule has 13 heavy (non-hydrogen) atoms. The van der Waals surface area contributed by atoms with Gasteiger partial charge < -0.3 is 4.90 Å². The molecule has 2 rings (SSSR count). The van der Waals surface area contributed by atoms with E-state index in [1.54, 1.807) is 0 Å². The second-order valence-electron chi connectivity index (χ2n) is 5.03. The van der Waals surface area contributed by atoms with Gasteiger partial charge in [0.15, 0.2) is 0 Å². The highest BCUT2D eigenvalue weighted by molar-refractivity contribution is 4.88. The van der Waals surface area contributed by atoms with Gasteiger partial charge in [-0.1, -0.05) is 26.2 Å². The summed E-state index contributed by atoms with van der Waals surface area (Å²) in [5.41, 5.74) is 0.756. The first-order valence-electron chi connectivity index (χ1n) is 6.07. The minimum atomic E-state index is 0.756. The second-order valence-corrected chi connectivity index (χ2v) is 5.03. The van der Waals surface area contributed by atoms with Gasteiger partial charge in [-0.2, -0.15) is 0 Å². The van der Waals surface area contributed by atoms with Crippen LogP contribution in [0.25, 0.3) is 0 Å². The molecule has 1 saturated heterocycles. The SMILES string of the molecule is CCN1CCCC2(CCCCC2)C1. The minimum Gasteiger partial charge on any atom is -0.303 e. The van der Waals surface area contributed by atoms with Crippen LogP contribution in [-0.4, -0.2) is 24.5 Å². The smallest absolute Gasteiger partial charge is 0.00379 e. The first-order valence-corrected chi connectivity index (χ1v) is 6.07. The second kappa shape index (κ2) is 4.00. The van der Waals surface area contributed by atoms with Crippen LogP contribution in [0.2, 0.25) is 0 Å². The van der Waals surface area contributed by atoms with E-state index in [0.29, 0.717) is 0 Å². The van der Waals surface area contributed by atoms with Crippen molar-refractivity contribution >= 4 is 0 Å². The quantitative estimate of drug-likeness (QED) is 0.601. The third kappa shape index (κ3) is 2.07. The predicted molar refractivity (Wildman–Crippen MR) is 56.9 cm³/mol. The normalized spacial score (nSPS) is 29.3. The number of hydrogen-bond donors (Lipinski definition) is 0. The van der Waals surface area contributed by atoms with Crippen molar-refractivity contribution < 1.29 is 0 Å². The zero-order valence-electron chi connectivity index (χ0n) is 9.02.